The van der Waals surface area contributed by atoms with Crippen molar-refractivity contribution >= 4 is 17.9 Å². The summed E-state index contributed by atoms with van der Waals surface area (Å²) in [7, 11) is 0. The fourth-order valence-electron chi connectivity index (χ4n) is 3.33. The van der Waals surface area contributed by atoms with Crippen LogP contribution in [0.25, 0.3) is 0 Å². The molecule has 0 spiro atoms. The molecule has 1 atom stereocenters. The Morgan fingerprint density at radius 1 is 1.24 bits per heavy atom. The van der Waals surface area contributed by atoms with Gasteiger partial charge in [-0.05, 0) is 26.2 Å². The van der Waals surface area contributed by atoms with Crippen LogP contribution in [0.15, 0.2) is 0 Å². The minimum atomic E-state index is -0.902. The van der Waals surface area contributed by atoms with E-state index < -0.39 is 22.8 Å². The number of urea groups is 1. The van der Waals surface area contributed by atoms with Crippen molar-refractivity contribution in [1.29, 1.82) is 0 Å². The number of primary amides is 1. The minimum absolute atomic E-state index is 0.0559. The van der Waals surface area contributed by atoms with Crippen molar-refractivity contribution in [3.63, 3.8) is 0 Å². The summed E-state index contributed by atoms with van der Waals surface area (Å²) in [6.07, 6.45) is 3.71. The van der Waals surface area contributed by atoms with E-state index in [2.05, 4.69) is 5.32 Å². The number of nitrogens with two attached hydrogens (primary N) is 1. The number of hydrogen-bond donors (Lipinski definition) is 3. The molecule has 1 heterocycles. The number of nitrogens with one attached hydrogen (secondary N) is 1. The maximum Gasteiger partial charge on any atom is 0.317 e. The molecular weight excluding hydrogens is 274 g/mol. The maximum absolute atomic E-state index is 12.4. The lowest BCUT2D eigenvalue weighted by molar-refractivity contribution is -0.138. The van der Waals surface area contributed by atoms with Crippen LogP contribution < -0.4 is 11.1 Å². The van der Waals surface area contributed by atoms with Crippen LogP contribution in [0, 0.1) is 5.41 Å². The molecule has 4 N–H and O–H groups in total. The second-order valence-corrected chi connectivity index (χ2v) is 6.58. The summed E-state index contributed by atoms with van der Waals surface area (Å²) < 4.78 is 0. The number of carboxylic acids is 1. The zero-order valence-corrected chi connectivity index (χ0v) is 12.4. The van der Waals surface area contributed by atoms with E-state index in [0.717, 1.165) is 12.8 Å². The van der Waals surface area contributed by atoms with Crippen molar-refractivity contribution < 1.29 is 19.5 Å². The van der Waals surface area contributed by atoms with Gasteiger partial charge in [0.2, 0.25) is 5.91 Å². The van der Waals surface area contributed by atoms with Gasteiger partial charge < -0.3 is 21.1 Å². The average molecular weight is 297 g/mol. The number of rotatable bonds is 4. The molecule has 1 saturated carbocycles. The van der Waals surface area contributed by atoms with Crippen LogP contribution in [0.5, 0.6) is 0 Å². The van der Waals surface area contributed by atoms with Crippen molar-refractivity contribution in [2.24, 2.45) is 11.1 Å². The highest BCUT2D eigenvalue weighted by Gasteiger charge is 2.43. The number of hydrogen-bond acceptors (Lipinski definition) is 3. The van der Waals surface area contributed by atoms with Crippen molar-refractivity contribution in [1.82, 2.24) is 10.2 Å². The molecule has 2 fully saturated rings. The number of carbonyl (C=O) groups excluding carboxylic acids is 2. The number of amides is 3. The first-order valence-corrected chi connectivity index (χ1v) is 7.35. The summed E-state index contributed by atoms with van der Waals surface area (Å²) in [5.41, 5.74) is 4.04. The molecule has 1 saturated heterocycles. The smallest absolute Gasteiger partial charge is 0.317 e. The number of nitrogens with zero attached hydrogens (tertiary/aromatic N) is 1. The number of carbonyl (C=O) groups is 3. The van der Waals surface area contributed by atoms with E-state index in [-0.39, 0.29) is 19.0 Å². The van der Waals surface area contributed by atoms with Crippen molar-refractivity contribution in [3.05, 3.63) is 0 Å². The Hall–Kier alpha value is -1.79. The Morgan fingerprint density at radius 3 is 2.33 bits per heavy atom. The third-order valence-corrected chi connectivity index (χ3v) is 4.78. The quantitative estimate of drug-likeness (QED) is 0.708. The Labute approximate surface area is 123 Å². The molecule has 1 aliphatic carbocycles. The first-order valence-electron chi connectivity index (χ1n) is 7.35. The third-order valence-electron chi connectivity index (χ3n) is 4.78. The molecular formula is C14H23N3O4. The van der Waals surface area contributed by atoms with Gasteiger partial charge in [-0.3, -0.25) is 9.59 Å². The van der Waals surface area contributed by atoms with Crippen LogP contribution >= 0.6 is 0 Å². The van der Waals surface area contributed by atoms with E-state index in [1.165, 1.54) is 0 Å². The molecule has 0 radical (unpaired) electrons. The number of carboxylic acid groups (broad SMARTS) is 1. The number of aliphatic carboxylic acids is 1. The fraction of sp³-hybridized carbons (Fsp3) is 0.786. The molecule has 0 aromatic heterocycles. The molecule has 1 unspecified atom stereocenters. The molecule has 118 valence electrons. The second-order valence-electron chi connectivity index (χ2n) is 6.58. The van der Waals surface area contributed by atoms with Gasteiger partial charge >= 0.3 is 12.0 Å². The topological polar surface area (TPSA) is 113 Å². The maximum atomic E-state index is 12.4. The Morgan fingerprint density at radius 2 is 1.86 bits per heavy atom. The fourth-order valence-corrected chi connectivity index (χ4v) is 3.33. The van der Waals surface area contributed by atoms with Crippen molar-refractivity contribution in [3.8, 4) is 0 Å². The molecule has 7 heteroatoms. The standard InChI is InChI=1S/C14H23N3O4/c1-13(11(15)20)6-7-17(9-13)12(21)16-14(8-10(18)19)4-2-3-5-14/h2-9H2,1H3,(H2,15,20)(H,16,21)(H,18,19). The average Bonchev–Trinajstić information content (AvgIpc) is 2.97. The van der Waals surface area contributed by atoms with Crippen LogP contribution in [-0.4, -0.2) is 46.5 Å². The monoisotopic (exact) mass is 297 g/mol. The lowest BCUT2D eigenvalue weighted by Gasteiger charge is -2.31. The second kappa shape index (κ2) is 5.54. The first kappa shape index (κ1) is 15.6. The summed E-state index contributed by atoms with van der Waals surface area (Å²) in [4.78, 5) is 36.4. The molecule has 7 nitrogen and oxygen atoms in total. The van der Waals surface area contributed by atoms with E-state index in [1.807, 2.05) is 0 Å². The lowest BCUT2D eigenvalue weighted by Crippen LogP contribution is -2.53. The first-order chi connectivity index (χ1) is 9.76. The van der Waals surface area contributed by atoms with Crippen molar-refractivity contribution in [2.45, 2.75) is 51.0 Å². The molecule has 1 aliphatic heterocycles. The lowest BCUT2D eigenvalue weighted by atomic mass is 9.89. The van der Waals surface area contributed by atoms with E-state index in [4.69, 9.17) is 10.8 Å². The molecule has 2 aliphatic rings. The minimum Gasteiger partial charge on any atom is -0.481 e. The van der Waals surface area contributed by atoms with E-state index >= 15 is 0 Å². The van der Waals surface area contributed by atoms with Crippen LogP contribution in [0.2, 0.25) is 0 Å². The summed E-state index contributed by atoms with van der Waals surface area (Å²) in [6, 6.07) is -0.289. The van der Waals surface area contributed by atoms with E-state index in [1.54, 1.807) is 11.8 Å². The molecule has 0 aromatic rings. The highest BCUT2D eigenvalue weighted by molar-refractivity contribution is 5.83. The third kappa shape index (κ3) is 3.28. The van der Waals surface area contributed by atoms with Gasteiger partial charge in [0.25, 0.3) is 0 Å². The van der Waals surface area contributed by atoms with Gasteiger partial charge in [-0.1, -0.05) is 12.8 Å². The van der Waals surface area contributed by atoms with Crippen LogP contribution in [-0.2, 0) is 9.59 Å². The summed E-state index contributed by atoms with van der Waals surface area (Å²) >= 11 is 0. The van der Waals surface area contributed by atoms with Crippen LogP contribution in [0.3, 0.4) is 0 Å². The summed E-state index contributed by atoms with van der Waals surface area (Å²) in [5.74, 6) is -1.31. The van der Waals surface area contributed by atoms with Crippen molar-refractivity contribution in [2.75, 3.05) is 13.1 Å². The molecule has 21 heavy (non-hydrogen) atoms. The molecule has 2 rings (SSSR count). The molecule has 3 amide bonds. The molecule has 0 bridgehead atoms. The van der Waals surface area contributed by atoms with Gasteiger partial charge in [-0.2, -0.15) is 0 Å². The van der Waals surface area contributed by atoms with E-state index in [9.17, 15) is 14.4 Å². The normalized spacial score (nSPS) is 27.6. The SMILES string of the molecule is CC1(C(N)=O)CCN(C(=O)NC2(CC(=O)O)CCCC2)C1. The van der Waals surface area contributed by atoms with Gasteiger partial charge in [-0.15, -0.1) is 0 Å². The van der Waals surface area contributed by atoms with Gasteiger partial charge in [0.05, 0.1) is 17.4 Å². The Bertz CT molecular complexity index is 459. The van der Waals surface area contributed by atoms with Gasteiger partial charge in [0.1, 0.15) is 0 Å². The zero-order chi connectivity index (χ0) is 15.7. The number of likely N-dealkylation sites (tertiary alicyclic amines) is 1. The summed E-state index contributed by atoms with van der Waals surface area (Å²) in [5, 5.41) is 11.9. The predicted molar refractivity (Wildman–Crippen MR) is 75.5 cm³/mol. The highest BCUT2D eigenvalue weighted by atomic mass is 16.4. The Balaban J connectivity index is 2.01. The van der Waals surface area contributed by atoms with Crippen LogP contribution in [0.4, 0.5) is 4.79 Å². The van der Waals surface area contributed by atoms with Gasteiger partial charge in [-0.25, -0.2) is 4.79 Å². The Kier molecular flexibility index (Phi) is 4.11. The van der Waals surface area contributed by atoms with Gasteiger partial charge in [0.15, 0.2) is 0 Å². The largest absolute Gasteiger partial charge is 0.481 e. The predicted octanol–water partition coefficient (Wildman–Crippen LogP) is 0.681. The molecule has 0 aromatic carbocycles. The van der Waals surface area contributed by atoms with E-state index in [0.29, 0.717) is 25.8 Å². The van der Waals surface area contributed by atoms with Gasteiger partial charge in [0, 0.05) is 13.1 Å². The van der Waals surface area contributed by atoms with Crippen LogP contribution in [0.1, 0.15) is 45.4 Å². The highest BCUT2D eigenvalue weighted by Crippen LogP contribution is 2.34. The zero-order valence-electron chi connectivity index (χ0n) is 12.4. The summed E-state index contributed by atoms with van der Waals surface area (Å²) in [6.45, 7) is 2.51.